The molecule has 1 amide bonds. The molecular weight excluding hydrogens is 788 g/mol. The Labute approximate surface area is 372 Å². The average Bonchev–Trinajstić information content (AvgIpc) is 3.74. The van der Waals surface area contributed by atoms with Crippen molar-refractivity contribution < 1.29 is 78.5 Å². The number of aromatic nitrogens is 4. The van der Waals surface area contributed by atoms with Crippen molar-refractivity contribution in [1.82, 2.24) is 19.9 Å². The second-order valence-corrected chi connectivity index (χ2v) is 17.9. The van der Waals surface area contributed by atoms with E-state index in [-0.39, 0.29) is 78.2 Å². The van der Waals surface area contributed by atoms with Crippen molar-refractivity contribution in [1.29, 1.82) is 5.26 Å². The van der Waals surface area contributed by atoms with E-state index in [4.69, 9.17) is 5.73 Å². The van der Waals surface area contributed by atoms with Gasteiger partial charge in [0.05, 0.1) is 32.9 Å². The molecule has 57 heavy (non-hydrogen) atoms. The molecule has 15 heteroatoms. The maximum absolute atomic E-state index is 12.3. The van der Waals surface area contributed by atoms with Gasteiger partial charge in [-0.1, -0.05) is 38.1 Å². The summed E-state index contributed by atoms with van der Waals surface area (Å²) in [6.45, 7) is 7.17. The topological polar surface area (TPSA) is 223 Å². The number of aromatic amines is 2. The van der Waals surface area contributed by atoms with Crippen LogP contribution >= 0.6 is 0 Å². The van der Waals surface area contributed by atoms with Crippen LogP contribution in [0.1, 0.15) is 40.9 Å². The zero-order valence-corrected chi connectivity index (χ0v) is 36.6. The van der Waals surface area contributed by atoms with E-state index < -0.39 is 25.6 Å². The molecule has 0 aliphatic heterocycles. The summed E-state index contributed by atoms with van der Waals surface area (Å²) in [6, 6.07) is 26.9. The van der Waals surface area contributed by atoms with Gasteiger partial charge in [-0.05, 0) is 108 Å². The third kappa shape index (κ3) is 8.45. The number of carbonyl (C=O) groups is 1. The van der Waals surface area contributed by atoms with Crippen molar-refractivity contribution in [3.8, 4) is 28.3 Å². The molecule has 0 radical (unpaired) electrons. The van der Waals surface area contributed by atoms with E-state index in [2.05, 4.69) is 26.0 Å². The largest absolute Gasteiger partial charge is 1.00 e. The molecule has 8 aromatic rings. The number of hydrogen-bond acceptors (Lipinski definition) is 9. The summed E-state index contributed by atoms with van der Waals surface area (Å²) >= 11 is 0. The number of hydrogen-bond donors (Lipinski definition) is 3. The maximum atomic E-state index is 12.3. The maximum Gasteiger partial charge on any atom is 1.00 e. The quantitative estimate of drug-likeness (QED) is 0.188. The fourth-order valence-corrected chi connectivity index (χ4v) is 8.60. The van der Waals surface area contributed by atoms with E-state index in [0.29, 0.717) is 22.3 Å². The molecule has 4 aromatic heterocycles. The summed E-state index contributed by atoms with van der Waals surface area (Å²) in [5.41, 5.74) is 14.4. The first-order chi connectivity index (χ1) is 26.2. The Balaban J connectivity index is 0.000000210. The van der Waals surface area contributed by atoms with Crippen LogP contribution in [-0.4, -0.2) is 59.7 Å². The second-order valence-electron chi connectivity index (χ2n) is 13.3. The number of H-pyrrole nitrogens is 2. The summed E-state index contributed by atoms with van der Waals surface area (Å²) < 4.78 is 49.3. The molecule has 0 aliphatic carbocycles. The van der Waals surface area contributed by atoms with Crippen molar-refractivity contribution >= 4 is 69.5 Å². The van der Waals surface area contributed by atoms with Crippen molar-refractivity contribution in [3.05, 3.63) is 120 Å². The van der Waals surface area contributed by atoms with E-state index in [0.717, 1.165) is 66.0 Å². The fourth-order valence-electron chi connectivity index (χ4n) is 6.75. The molecule has 0 unspecified atom stereocenters. The van der Waals surface area contributed by atoms with Gasteiger partial charge in [0.15, 0.2) is 19.7 Å². The smallest absolute Gasteiger partial charge is 0.870 e. The van der Waals surface area contributed by atoms with Gasteiger partial charge in [-0.2, -0.15) is 5.26 Å². The monoisotopic (exact) mass is 824 g/mol. The van der Waals surface area contributed by atoms with Gasteiger partial charge < -0.3 is 21.2 Å². The number of nitrogens with zero attached hydrogens (tertiary/aromatic N) is 3. The molecular formula is C42H37KN6O6S2. The van der Waals surface area contributed by atoms with Crippen LogP contribution in [0.2, 0.25) is 0 Å². The molecule has 0 aliphatic rings. The first-order valence-corrected chi connectivity index (χ1v) is 20.7. The van der Waals surface area contributed by atoms with Gasteiger partial charge in [-0.15, -0.1) is 0 Å². The van der Waals surface area contributed by atoms with Crippen molar-refractivity contribution in [3.63, 3.8) is 0 Å². The van der Waals surface area contributed by atoms with E-state index in [9.17, 15) is 26.9 Å². The number of benzene rings is 4. The Hall–Kier alpha value is -4.76. The number of nitrogens with one attached hydrogen (secondary N) is 2. The summed E-state index contributed by atoms with van der Waals surface area (Å²) in [7, 11) is -6.67. The molecule has 0 fully saturated rings. The number of aryl methyl sites for hydroxylation is 2. The predicted octanol–water partition coefficient (Wildman–Crippen LogP) is 4.77. The number of nitrogens with two attached hydrogens (primary N) is 1. The predicted molar refractivity (Wildman–Crippen MR) is 218 cm³/mol. The minimum atomic E-state index is -3.36. The van der Waals surface area contributed by atoms with Crippen LogP contribution in [0.25, 0.3) is 66.1 Å². The first-order valence-electron chi connectivity index (χ1n) is 17.4. The third-order valence-electron chi connectivity index (χ3n) is 9.55. The van der Waals surface area contributed by atoms with Crippen molar-refractivity contribution in [2.45, 2.75) is 37.5 Å². The first kappa shape index (κ1) is 43.4. The van der Waals surface area contributed by atoms with E-state index in [1.165, 1.54) is 0 Å². The summed E-state index contributed by atoms with van der Waals surface area (Å²) in [5, 5.41) is 13.1. The van der Waals surface area contributed by atoms with Gasteiger partial charge in [0.1, 0.15) is 11.3 Å². The molecule has 0 bridgehead atoms. The Morgan fingerprint density at radius 2 is 1.16 bits per heavy atom. The minimum absolute atomic E-state index is 0. The number of pyridine rings is 2. The van der Waals surface area contributed by atoms with Crippen LogP contribution in [0.3, 0.4) is 0 Å². The molecule has 0 saturated carbocycles. The van der Waals surface area contributed by atoms with Crippen LogP contribution < -0.4 is 57.1 Å². The van der Waals surface area contributed by atoms with Gasteiger partial charge in [0.25, 0.3) is 0 Å². The van der Waals surface area contributed by atoms with E-state index in [1.807, 2.05) is 38.1 Å². The van der Waals surface area contributed by atoms with Crippen molar-refractivity contribution in [2.24, 2.45) is 5.73 Å². The summed E-state index contributed by atoms with van der Waals surface area (Å²) in [6.07, 6.45) is 3.55. The minimum Gasteiger partial charge on any atom is -0.870 e. The molecule has 4 heterocycles. The van der Waals surface area contributed by atoms with Crippen LogP contribution in [0.4, 0.5) is 0 Å². The SMILES string of the molecule is CCS(=O)(=O)c1cccc(-c2cc(C#N)cc3[nH]c4ncc(C)cc4c23)c1.CCS(=O)(=O)c1cccc(-c2cc(C(N)=O)cc3[nH]c4ncc(C)cc4c23)c1.[K+].[OH-]. The summed E-state index contributed by atoms with van der Waals surface area (Å²) in [4.78, 5) is 27.8. The number of amides is 1. The van der Waals surface area contributed by atoms with E-state index >= 15 is 0 Å². The molecule has 4 aromatic carbocycles. The molecule has 0 saturated heterocycles. The molecule has 0 spiro atoms. The van der Waals surface area contributed by atoms with Crippen LogP contribution in [0.5, 0.6) is 0 Å². The number of primary amides is 1. The molecule has 12 nitrogen and oxygen atoms in total. The fraction of sp³-hybridized carbons (Fsp3) is 0.143. The van der Waals surface area contributed by atoms with Gasteiger partial charge in [0.2, 0.25) is 5.91 Å². The van der Waals surface area contributed by atoms with Crippen LogP contribution in [-0.2, 0) is 19.7 Å². The molecule has 0 atom stereocenters. The number of sulfone groups is 2. The van der Waals surface area contributed by atoms with Gasteiger partial charge >= 0.3 is 51.4 Å². The molecule has 284 valence electrons. The normalized spacial score (nSPS) is 11.4. The second kappa shape index (κ2) is 17.0. The van der Waals surface area contributed by atoms with Gasteiger partial charge in [-0.3, -0.25) is 4.79 Å². The zero-order chi connectivity index (χ0) is 39.2. The molecule has 8 rings (SSSR count). The number of rotatable bonds is 7. The van der Waals surface area contributed by atoms with Crippen molar-refractivity contribution in [2.75, 3.05) is 11.5 Å². The Kier molecular flexibility index (Phi) is 12.9. The number of fused-ring (bicyclic) bond motifs is 6. The van der Waals surface area contributed by atoms with Gasteiger partial charge in [0, 0.05) is 50.5 Å². The van der Waals surface area contributed by atoms with Gasteiger partial charge in [-0.25, -0.2) is 26.8 Å². The number of nitriles is 1. The Morgan fingerprint density at radius 3 is 1.60 bits per heavy atom. The van der Waals surface area contributed by atoms with Crippen LogP contribution in [0, 0.1) is 25.2 Å². The summed E-state index contributed by atoms with van der Waals surface area (Å²) in [5.74, 6) is -0.493. The zero-order valence-electron chi connectivity index (χ0n) is 31.9. The number of carbonyl (C=O) groups excluding carboxylic acids is 1. The Bertz CT molecular complexity index is 3130. The van der Waals surface area contributed by atoms with Crippen LogP contribution in [0.15, 0.2) is 107 Å². The molecule has 5 N–H and O–H groups in total. The van der Waals surface area contributed by atoms with E-state index in [1.54, 1.807) is 86.9 Å². The standard InChI is InChI=1S/C21H19N3O3S.C21H17N3O2S.K.H2O/c1-3-28(26,27)15-6-4-5-13(8-15)16-9-14(20(22)25)10-18-19(16)17-7-12(2)11-23-21(17)24-18;1-3-27(25,26)16-6-4-5-15(10-16)17-8-14(11-22)9-19-20(17)18-7-13(2)12-23-21(18)24-19;;/h4-11H,3H2,1-2H3,(H2,22,25)(H,23,24);4-10,12H,3H2,1-2H3,(H,23,24);;1H2/q;;+1;/p-1. The average molecular weight is 825 g/mol. The third-order valence-corrected chi connectivity index (χ3v) is 13.0. The Morgan fingerprint density at radius 1 is 0.702 bits per heavy atom.